The molecule has 3 heterocycles. The molecule has 0 unspecified atom stereocenters. The van der Waals surface area contributed by atoms with Crippen LogP contribution in [0.25, 0.3) is 0 Å². The van der Waals surface area contributed by atoms with Crippen LogP contribution in [-0.4, -0.2) is 21.8 Å². The van der Waals surface area contributed by atoms with Crippen LogP contribution in [0.3, 0.4) is 0 Å². The lowest BCUT2D eigenvalue weighted by Gasteiger charge is -1.98. The number of hydrogen-bond donors (Lipinski definition) is 4. The van der Waals surface area contributed by atoms with Crippen LogP contribution in [0.2, 0.25) is 0 Å². The number of nitrogens with zero attached hydrogens (tertiary/aromatic N) is 2. The van der Waals surface area contributed by atoms with Crippen LogP contribution in [0, 0.1) is 0 Å². The molecule has 1 aliphatic heterocycles. The van der Waals surface area contributed by atoms with Crippen molar-refractivity contribution in [3.8, 4) is 0 Å². The van der Waals surface area contributed by atoms with Gasteiger partial charge in [0, 0.05) is 13.0 Å². The Bertz CT molecular complexity index is 497. The number of anilines is 1. The third kappa shape index (κ3) is 1.38. The van der Waals surface area contributed by atoms with Crippen LogP contribution in [0.5, 0.6) is 0 Å². The van der Waals surface area contributed by atoms with Gasteiger partial charge in [0.2, 0.25) is 0 Å². The zero-order valence-electron chi connectivity index (χ0n) is 8.95. The van der Waals surface area contributed by atoms with Crippen molar-refractivity contribution in [3.05, 3.63) is 29.2 Å². The molecular formula is C10H15N6+. The summed E-state index contributed by atoms with van der Waals surface area (Å²) in [7, 11) is 0. The Morgan fingerprint density at radius 1 is 1.44 bits per heavy atom. The molecule has 0 saturated carbocycles. The van der Waals surface area contributed by atoms with Crippen molar-refractivity contribution in [1.29, 1.82) is 0 Å². The Kier molecular flexibility index (Phi) is 2.14. The molecule has 0 atom stereocenters. The highest BCUT2D eigenvalue weighted by molar-refractivity contribution is 5.42. The van der Waals surface area contributed by atoms with Crippen molar-refractivity contribution in [3.63, 3.8) is 0 Å². The first kappa shape index (κ1) is 9.41. The largest absolute Gasteiger partial charge is 0.325 e. The molecule has 0 saturated heterocycles. The number of rotatable bonds is 3. The van der Waals surface area contributed by atoms with Gasteiger partial charge in [-0.15, -0.1) is 0 Å². The fourth-order valence-corrected chi connectivity index (χ4v) is 2.14. The quantitative estimate of drug-likeness (QED) is 0.525. The monoisotopic (exact) mass is 219 g/mol. The van der Waals surface area contributed by atoms with Crippen LogP contribution < -0.4 is 15.7 Å². The van der Waals surface area contributed by atoms with Gasteiger partial charge in [-0.25, -0.2) is 5.10 Å². The fourth-order valence-electron chi connectivity index (χ4n) is 2.14. The van der Waals surface area contributed by atoms with Gasteiger partial charge in [0.1, 0.15) is 13.1 Å². The number of hydrogen-bond acceptors (Lipinski definition) is 3. The Balaban J connectivity index is 1.89. The molecule has 16 heavy (non-hydrogen) atoms. The second kappa shape index (κ2) is 3.64. The van der Waals surface area contributed by atoms with E-state index >= 15 is 0 Å². The lowest BCUT2D eigenvalue weighted by molar-refractivity contribution is -0.726. The zero-order valence-corrected chi connectivity index (χ0v) is 8.95. The molecule has 0 bridgehead atoms. The molecule has 84 valence electrons. The molecule has 0 spiro atoms. The van der Waals surface area contributed by atoms with E-state index in [-0.39, 0.29) is 0 Å². The van der Waals surface area contributed by atoms with E-state index in [1.807, 2.05) is 12.4 Å². The summed E-state index contributed by atoms with van der Waals surface area (Å²) in [6, 6.07) is 0. The lowest BCUT2D eigenvalue weighted by Crippen LogP contribution is -2.32. The van der Waals surface area contributed by atoms with Crippen LogP contribution >= 0.6 is 0 Å². The first-order valence-electron chi connectivity index (χ1n) is 5.43. The van der Waals surface area contributed by atoms with Gasteiger partial charge in [-0.1, -0.05) is 0 Å². The topological polar surface area (TPSA) is 86.4 Å². The number of nitrogens with one attached hydrogen (secondary N) is 3. The molecule has 2 aromatic heterocycles. The van der Waals surface area contributed by atoms with Crippen molar-refractivity contribution in [2.45, 2.75) is 19.5 Å². The summed E-state index contributed by atoms with van der Waals surface area (Å²) in [4.78, 5) is 0. The Morgan fingerprint density at radius 2 is 2.38 bits per heavy atom. The summed E-state index contributed by atoms with van der Waals surface area (Å²) in [5.41, 5.74) is 9.07. The smallest absolute Gasteiger partial charge is 0.298 e. The third-order valence-electron chi connectivity index (χ3n) is 2.99. The van der Waals surface area contributed by atoms with E-state index in [2.05, 4.69) is 25.3 Å². The molecule has 2 aromatic rings. The average molecular weight is 219 g/mol. The molecule has 5 N–H and O–H groups in total. The minimum absolute atomic E-state index is 0.502. The number of nitrogens with two attached hydrogens (primary N) is 1. The minimum Gasteiger partial charge on any atom is -0.325 e. The molecule has 6 nitrogen and oxygen atoms in total. The molecular weight excluding hydrogens is 204 g/mol. The SMILES string of the molecule is NCc1[nH]ncc1Cc1c[nH][n+]2c1NCC2. The summed E-state index contributed by atoms with van der Waals surface area (Å²) in [6.07, 6.45) is 4.74. The normalized spacial score (nSPS) is 13.8. The van der Waals surface area contributed by atoms with Gasteiger partial charge >= 0.3 is 0 Å². The van der Waals surface area contributed by atoms with Gasteiger partial charge in [-0.3, -0.25) is 10.4 Å². The van der Waals surface area contributed by atoms with Crippen LogP contribution in [0.15, 0.2) is 12.4 Å². The maximum atomic E-state index is 5.64. The number of H-pyrrole nitrogens is 2. The van der Waals surface area contributed by atoms with E-state index in [0.29, 0.717) is 6.54 Å². The number of aromatic amines is 2. The van der Waals surface area contributed by atoms with Crippen LogP contribution in [0.1, 0.15) is 16.8 Å². The summed E-state index contributed by atoms with van der Waals surface area (Å²) >= 11 is 0. The zero-order chi connectivity index (χ0) is 11.0. The molecule has 0 aromatic carbocycles. The fraction of sp³-hybridized carbons (Fsp3) is 0.400. The van der Waals surface area contributed by atoms with Crippen molar-refractivity contribution in [2.24, 2.45) is 5.73 Å². The molecule has 0 amide bonds. The molecule has 6 heteroatoms. The highest BCUT2D eigenvalue weighted by atomic mass is 15.4. The van der Waals surface area contributed by atoms with Gasteiger partial charge in [-0.2, -0.15) is 9.78 Å². The third-order valence-corrected chi connectivity index (χ3v) is 2.99. The second-order valence-corrected chi connectivity index (χ2v) is 3.98. The lowest BCUT2D eigenvalue weighted by atomic mass is 10.1. The summed E-state index contributed by atoms with van der Waals surface area (Å²) in [6.45, 7) is 2.50. The maximum Gasteiger partial charge on any atom is 0.298 e. The highest BCUT2D eigenvalue weighted by Crippen LogP contribution is 2.18. The first-order chi connectivity index (χ1) is 7.88. The summed E-state index contributed by atoms with van der Waals surface area (Å²) in [5, 5.41) is 13.5. The molecule has 3 rings (SSSR count). The average Bonchev–Trinajstić information content (AvgIpc) is 2.96. The second-order valence-electron chi connectivity index (χ2n) is 3.98. The van der Waals surface area contributed by atoms with Gasteiger partial charge in [0.25, 0.3) is 5.82 Å². The predicted molar refractivity (Wildman–Crippen MR) is 58.8 cm³/mol. The number of fused-ring (bicyclic) bond motifs is 1. The summed E-state index contributed by atoms with van der Waals surface area (Å²) < 4.78 is 2.12. The van der Waals surface area contributed by atoms with Gasteiger partial charge in [0.05, 0.1) is 23.7 Å². The van der Waals surface area contributed by atoms with Gasteiger partial charge in [-0.05, 0) is 5.56 Å². The Labute approximate surface area is 92.8 Å². The minimum atomic E-state index is 0.502. The highest BCUT2D eigenvalue weighted by Gasteiger charge is 2.24. The van der Waals surface area contributed by atoms with E-state index in [4.69, 9.17) is 5.73 Å². The van der Waals surface area contributed by atoms with Gasteiger partial charge < -0.3 is 5.73 Å². The Morgan fingerprint density at radius 3 is 3.25 bits per heavy atom. The van der Waals surface area contributed by atoms with Crippen molar-refractivity contribution in [2.75, 3.05) is 11.9 Å². The van der Waals surface area contributed by atoms with Gasteiger partial charge in [0.15, 0.2) is 0 Å². The first-order valence-corrected chi connectivity index (χ1v) is 5.43. The predicted octanol–water partition coefficient (Wildman–Crippen LogP) is -0.500. The van der Waals surface area contributed by atoms with E-state index in [9.17, 15) is 0 Å². The summed E-state index contributed by atoms with van der Waals surface area (Å²) in [5.74, 6) is 1.18. The molecule has 1 aliphatic rings. The molecule has 0 fully saturated rings. The van der Waals surface area contributed by atoms with E-state index in [0.717, 1.165) is 25.2 Å². The van der Waals surface area contributed by atoms with E-state index in [1.165, 1.54) is 16.9 Å². The van der Waals surface area contributed by atoms with Crippen LogP contribution in [-0.2, 0) is 19.5 Å². The molecule has 0 radical (unpaired) electrons. The van der Waals surface area contributed by atoms with Crippen molar-refractivity contribution >= 4 is 5.82 Å². The number of aromatic nitrogens is 4. The van der Waals surface area contributed by atoms with E-state index < -0.39 is 0 Å². The van der Waals surface area contributed by atoms with Crippen LogP contribution in [0.4, 0.5) is 5.82 Å². The Hall–Kier alpha value is -1.82. The van der Waals surface area contributed by atoms with E-state index in [1.54, 1.807) is 0 Å². The standard InChI is InChI=1S/C10H14N6/c11-4-9-7(5-13-15-9)3-8-6-14-16-2-1-12-10(8)16/h5-6H,1-4,11H2,(H2,12,13,14,15)/p+1. The van der Waals surface area contributed by atoms with Crippen molar-refractivity contribution in [1.82, 2.24) is 15.3 Å². The van der Waals surface area contributed by atoms with Crippen molar-refractivity contribution < 1.29 is 4.68 Å². The maximum absolute atomic E-state index is 5.64. The molecule has 0 aliphatic carbocycles.